The summed E-state index contributed by atoms with van der Waals surface area (Å²) in [7, 11) is 0. The molecule has 0 radical (unpaired) electrons. The Bertz CT molecular complexity index is 1660. The van der Waals surface area contributed by atoms with Gasteiger partial charge in [-0.15, -0.1) is 0 Å². The van der Waals surface area contributed by atoms with Gasteiger partial charge in [0.25, 0.3) is 5.56 Å². The molecule has 0 aliphatic carbocycles. The highest BCUT2D eigenvalue weighted by molar-refractivity contribution is 5.83. The van der Waals surface area contributed by atoms with Crippen LogP contribution >= 0.6 is 0 Å². The lowest BCUT2D eigenvalue weighted by Crippen LogP contribution is -2.36. The van der Waals surface area contributed by atoms with Gasteiger partial charge < -0.3 is 15.4 Å². The molecular weight excluding hydrogens is 536 g/mol. The van der Waals surface area contributed by atoms with Crippen LogP contribution in [0.5, 0.6) is 0 Å². The van der Waals surface area contributed by atoms with E-state index < -0.39 is 17.7 Å². The number of para-hydroxylation sites is 1. The van der Waals surface area contributed by atoms with Crippen molar-refractivity contribution in [1.82, 2.24) is 29.6 Å². The molecular formula is C30H34N8O4. The molecule has 0 unspecified atom stereocenters. The van der Waals surface area contributed by atoms with Crippen LogP contribution < -0.4 is 21.5 Å². The Hall–Kier alpha value is -5.00. The Labute approximate surface area is 243 Å². The lowest BCUT2D eigenvalue weighted by atomic mass is 10.1. The van der Waals surface area contributed by atoms with Crippen molar-refractivity contribution in [3.8, 4) is 5.69 Å². The third kappa shape index (κ3) is 6.65. The molecule has 0 saturated heterocycles. The van der Waals surface area contributed by atoms with Crippen molar-refractivity contribution in [2.45, 2.75) is 65.3 Å². The van der Waals surface area contributed by atoms with Gasteiger partial charge in [-0.25, -0.2) is 19.4 Å². The first-order valence-electron chi connectivity index (χ1n) is 13.7. The zero-order chi connectivity index (χ0) is 29.9. The number of aryl methyl sites for hydroxylation is 2. The fraction of sp³-hybridized carbons (Fsp3) is 0.333. The van der Waals surface area contributed by atoms with Gasteiger partial charge in [0.15, 0.2) is 0 Å². The second kappa shape index (κ2) is 11.9. The van der Waals surface area contributed by atoms with Crippen LogP contribution in [-0.2, 0) is 29.0 Å². The molecule has 2 amide bonds. The fourth-order valence-electron chi connectivity index (χ4n) is 4.70. The van der Waals surface area contributed by atoms with Crippen molar-refractivity contribution in [1.29, 1.82) is 0 Å². The first kappa shape index (κ1) is 28.5. The van der Waals surface area contributed by atoms with E-state index in [1.54, 1.807) is 50.7 Å². The molecule has 0 saturated carbocycles. The van der Waals surface area contributed by atoms with Crippen molar-refractivity contribution in [2.24, 2.45) is 0 Å². The van der Waals surface area contributed by atoms with Gasteiger partial charge >= 0.3 is 6.09 Å². The van der Waals surface area contributed by atoms with E-state index in [0.29, 0.717) is 42.4 Å². The van der Waals surface area contributed by atoms with Crippen molar-refractivity contribution in [3.05, 3.63) is 94.1 Å². The van der Waals surface area contributed by atoms with Crippen LogP contribution in [0.1, 0.15) is 55.9 Å². The quantitative estimate of drug-likeness (QED) is 0.289. The first-order chi connectivity index (χ1) is 20.1. The van der Waals surface area contributed by atoms with E-state index in [1.165, 1.54) is 10.8 Å². The van der Waals surface area contributed by atoms with Crippen LogP contribution in [0.2, 0.25) is 0 Å². The van der Waals surface area contributed by atoms with Crippen molar-refractivity contribution < 1.29 is 14.3 Å². The summed E-state index contributed by atoms with van der Waals surface area (Å²) >= 11 is 0. The number of benzene rings is 1. The normalized spacial score (nSPS) is 14.2. The summed E-state index contributed by atoms with van der Waals surface area (Å²) in [6.07, 6.45) is 5.59. The van der Waals surface area contributed by atoms with E-state index in [1.807, 2.05) is 36.5 Å². The van der Waals surface area contributed by atoms with Gasteiger partial charge in [0.05, 0.1) is 18.1 Å². The molecule has 4 heterocycles. The molecule has 5 rings (SSSR count). The number of hydrogen-bond acceptors (Lipinski definition) is 8. The molecule has 0 spiro atoms. The summed E-state index contributed by atoms with van der Waals surface area (Å²) in [5, 5.41) is 13.1. The Balaban J connectivity index is 1.21. The van der Waals surface area contributed by atoms with Crippen LogP contribution in [0.25, 0.3) is 5.69 Å². The van der Waals surface area contributed by atoms with Crippen molar-refractivity contribution in [3.63, 3.8) is 0 Å². The third-order valence-corrected chi connectivity index (χ3v) is 6.74. The van der Waals surface area contributed by atoms with E-state index in [9.17, 15) is 14.4 Å². The van der Waals surface area contributed by atoms with E-state index in [4.69, 9.17) is 4.74 Å². The highest BCUT2D eigenvalue weighted by Gasteiger charge is 2.31. The summed E-state index contributed by atoms with van der Waals surface area (Å²) < 4.78 is 8.51. The Kier molecular flexibility index (Phi) is 8.05. The second-order valence-corrected chi connectivity index (χ2v) is 11.1. The summed E-state index contributed by atoms with van der Waals surface area (Å²) in [6, 6.07) is 12.5. The number of nitrogens with zero attached hydrogens (tertiary/aromatic N) is 5. The third-order valence-electron chi connectivity index (χ3n) is 6.74. The molecule has 1 aliphatic heterocycles. The lowest BCUT2D eigenvalue weighted by molar-refractivity contribution is -0.124. The number of ether oxygens (including phenoxy) is 1. The zero-order valence-electron chi connectivity index (χ0n) is 24.0. The number of carbonyl (C=O) groups is 2. The highest BCUT2D eigenvalue weighted by Crippen LogP contribution is 2.24. The molecule has 1 aliphatic rings. The predicted molar refractivity (Wildman–Crippen MR) is 157 cm³/mol. The Morgan fingerprint density at radius 1 is 1.07 bits per heavy atom. The van der Waals surface area contributed by atoms with E-state index in [0.717, 1.165) is 16.8 Å². The molecule has 3 N–H and O–H groups in total. The maximum atomic E-state index is 13.4. The first-order valence-corrected chi connectivity index (χ1v) is 13.7. The molecule has 0 fully saturated rings. The van der Waals surface area contributed by atoms with Gasteiger partial charge in [0.1, 0.15) is 29.0 Å². The number of carbonyl (C=O) groups excluding carboxylic acids is 2. The predicted octanol–water partition coefficient (Wildman–Crippen LogP) is 3.90. The number of amides is 2. The van der Waals surface area contributed by atoms with Crippen LogP contribution in [0.4, 0.5) is 16.3 Å². The number of fused-ring (bicyclic) bond motifs is 1. The SMILES string of the molecule is Cc1nc(NC(=O)OC(C)(C)C)ccc1CNC(=O)[C@@H]1CCc2ncc(NCc3cnn(-c4ccccc4)c3)c(=O)n21. The monoisotopic (exact) mass is 570 g/mol. The molecule has 12 heteroatoms. The number of nitrogens with one attached hydrogen (secondary N) is 3. The van der Waals surface area contributed by atoms with Gasteiger partial charge in [-0.2, -0.15) is 5.10 Å². The zero-order valence-corrected chi connectivity index (χ0v) is 24.0. The Morgan fingerprint density at radius 2 is 1.86 bits per heavy atom. The van der Waals surface area contributed by atoms with Gasteiger partial charge in [-0.05, 0) is 57.9 Å². The molecule has 1 atom stereocenters. The topological polar surface area (TPSA) is 145 Å². The maximum absolute atomic E-state index is 13.4. The fourth-order valence-corrected chi connectivity index (χ4v) is 4.70. The van der Waals surface area contributed by atoms with E-state index in [-0.39, 0.29) is 18.0 Å². The minimum Gasteiger partial charge on any atom is -0.444 e. The molecule has 218 valence electrons. The standard InChI is InChI=1S/C30H34N8O4/c1-19-21(10-12-25(35-19)36-29(41)42-30(2,3)4)16-33-27(39)24-11-13-26-32-17-23(28(40)38(24)26)31-14-20-15-34-37(18-20)22-8-6-5-7-9-22/h5-10,12,15,17-18,24,31H,11,13-14,16H2,1-4H3,(H,33,39)(H,35,36,41)/t24-/m0/s1. The highest BCUT2D eigenvalue weighted by atomic mass is 16.6. The van der Waals surface area contributed by atoms with E-state index >= 15 is 0 Å². The molecule has 1 aromatic carbocycles. The largest absolute Gasteiger partial charge is 0.444 e. The van der Waals surface area contributed by atoms with Crippen LogP contribution in [0, 0.1) is 6.92 Å². The lowest BCUT2D eigenvalue weighted by Gasteiger charge is -2.19. The minimum atomic E-state index is -0.663. The summed E-state index contributed by atoms with van der Waals surface area (Å²) in [5.41, 5.74) is 2.68. The summed E-state index contributed by atoms with van der Waals surface area (Å²) in [5.74, 6) is 0.666. The average molecular weight is 571 g/mol. The molecule has 3 aromatic heterocycles. The van der Waals surface area contributed by atoms with Crippen molar-refractivity contribution in [2.75, 3.05) is 10.6 Å². The number of anilines is 2. The van der Waals surface area contributed by atoms with Crippen molar-refractivity contribution >= 4 is 23.5 Å². The van der Waals surface area contributed by atoms with Gasteiger partial charge in [-0.3, -0.25) is 19.5 Å². The van der Waals surface area contributed by atoms with Crippen LogP contribution in [0.3, 0.4) is 0 Å². The minimum absolute atomic E-state index is 0.224. The smallest absolute Gasteiger partial charge is 0.413 e. The second-order valence-electron chi connectivity index (χ2n) is 11.1. The molecule has 12 nitrogen and oxygen atoms in total. The van der Waals surface area contributed by atoms with Crippen LogP contribution in [0.15, 0.2) is 65.8 Å². The van der Waals surface area contributed by atoms with E-state index in [2.05, 4.69) is 31.0 Å². The maximum Gasteiger partial charge on any atom is 0.413 e. The number of rotatable bonds is 8. The average Bonchev–Trinajstić information content (AvgIpc) is 3.60. The number of pyridine rings is 1. The van der Waals surface area contributed by atoms with Gasteiger partial charge in [0.2, 0.25) is 5.91 Å². The summed E-state index contributed by atoms with van der Waals surface area (Å²) in [6.45, 7) is 7.74. The van der Waals surface area contributed by atoms with Gasteiger partial charge in [-0.1, -0.05) is 24.3 Å². The number of aromatic nitrogens is 5. The molecule has 42 heavy (non-hydrogen) atoms. The molecule has 4 aromatic rings. The summed E-state index contributed by atoms with van der Waals surface area (Å²) in [4.78, 5) is 47.5. The molecule has 0 bridgehead atoms. The van der Waals surface area contributed by atoms with Crippen LogP contribution in [-0.4, -0.2) is 41.9 Å². The van der Waals surface area contributed by atoms with Gasteiger partial charge in [0, 0.05) is 37.0 Å². The number of hydrogen-bond donors (Lipinski definition) is 3. The Morgan fingerprint density at radius 3 is 2.60 bits per heavy atom.